The van der Waals surface area contributed by atoms with Crippen LogP contribution in [-0.2, 0) is 10.8 Å². The SMILES string of the molecule is CCC1(CN2CCS(=O)CC2)CCCNC1. The van der Waals surface area contributed by atoms with Crippen molar-refractivity contribution in [1.82, 2.24) is 10.2 Å². The highest BCUT2D eigenvalue weighted by molar-refractivity contribution is 7.85. The van der Waals surface area contributed by atoms with Crippen LogP contribution in [-0.4, -0.2) is 53.3 Å². The lowest BCUT2D eigenvalue weighted by atomic mass is 9.78. The van der Waals surface area contributed by atoms with Gasteiger partial charge in [0.1, 0.15) is 0 Å². The van der Waals surface area contributed by atoms with Gasteiger partial charge in [-0.2, -0.15) is 0 Å². The minimum Gasteiger partial charge on any atom is -0.316 e. The Morgan fingerprint density at radius 2 is 2.12 bits per heavy atom. The summed E-state index contributed by atoms with van der Waals surface area (Å²) >= 11 is 0. The van der Waals surface area contributed by atoms with Crippen LogP contribution in [0.15, 0.2) is 0 Å². The molecule has 1 atom stereocenters. The first-order valence-corrected chi connectivity index (χ1v) is 8.01. The van der Waals surface area contributed by atoms with Gasteiger partial charge in [0, 0.05) is 48.5 Å². The summed E-state index contributed by atoms with van der Waals surface area (Å²) in [6, 6.07) is 0. The fourth-order valence-electron chi connectivity index (χ4n) is 2.89. The van der Waals surface area contributed by atoms with E-state index < -0.39 is 10.8 Å². The zero-order valence-electron chi connectivity index (χ0n) is 10.3. The topological polar surface area (TPSA) is 32.3 Å². The summed E-state index contributed by atoms with van der Waals surface area (Å²) in [5.74, 6) is 1.76. The van der Waals surface area contributed by atoms with Gasteiger partial charge in [-0.15, -0.1) is 0 Å². The van der Waals surface area contributed by atoms with Crippen molar-refractivity contribution in [1.29, 1.82) is 0 Å². The van der Waals surface area contributed by atoms with Crippen molar-refractivity contribution < 1.29 is 4.21 Å². The maximum absolute atomic E-state index is 11.3. The maximum atomic E-state index is 11.3. The molecule has 2 aliphatic rings. The molecule has 0 saturated carbocycles. The summed E-state index contributed by atoms with van der Waals surface area (Å²) in [5, 5.41) is 3.54. The molecule has 3 nitrogen and oxygen atoms in total. The molecule has 0 aromatic rings. The molecule has 4 heteroatoms. The predicted molar refractivity (Wildman–Crippen MR) is 69.1 cm³/mol. The molecule has 0 radical (unpaired) electrons. The van der Waals surface area contributed by atoms with Crippen LogP contribution in [0.5, 0.6) is 0 Å². The second kappa shape index (κ2) is 5.61. The maximum Gasteiger partial charge on any atom is 0.0363 e. The lowest BCUT2D eigenvalue weighted by Gasteiger charge is -2.42. The molecular weight excluding hydrogens is 220 g/mol. The first kappa shape index (κ1) is 12.5. The zero-order valence-corrected chi connectivity index (χ0v) is 11.2. The zero-order chi connectivity index (χ0) is 11.4. The molecule has 0 spiro atoms. The van der Waals surface area contributed by atoms with Crippen molar-refractivity contribution in [2.75, 3.05) is 44.2 Å². The minimum absolute atomic E-state index is 0.483. The molecule has 94 valence electrons. The number of hydrogen-bond acceptors (Lipinski definition) is 3. The lowest BCUT2D eigenvalue weighted by molar-refractivity contribution is 0.118. The van der Waals surface area contributed by atoms with Crippen molar-refractivity contribution >= 4 is 10.8 Å². The van der Waals surface area contributed by atoms with Gasteiger partial charge in [0.15, 0.2) is 0 Å². The van der Waals surface area contributed by atoms with E-state index in [-0.39, 0.29) is 0 Å². The van der Waals surface area contributed by atoms with E-state index in [1.807, 2.05) is 0 Å². The molecule has 0 amide bonds. The second-order valence-corrected chi connectivity index (χ2v) is 6.95. The summed E-state index contributed by atoms with van der Waals surface area (Å²) in [7, 11) is -0.540. The van der Waals surface area contributed by atoms with Gasteiger partial charge in [-0.1, -0.05) is 6.92 Å². The number of nitrogens with zero attached hydrogens (tertiary/aromatic N) is 1. The molecule has 0 aliphatic carbocycles. The molecule has 2 saturated heterocycles. The molecule has 2 fully saturated rings. The van der Waals surface area contributed by atoms with Crippen LogP contribution in [0.25, 0.3) is 0 Å². The molecule has 0 bridgehead atoms. The Balaban J connectivity index is 1.88. The van der Waals surface area contributed by atoms with Crippen LogP contribution in [0, 0.1) is 5.41 Å². The minimum atomic E-state index is -0.540. The molecule has 2 rings (SSSR count). The average molecular weight is 244 g/mol. The molecule has 0 aromatic heterocycles. The quantitative estimate of drug-likeness (QED) is 0.798. The van der Waals surface area contributed by atoms with Gasteiger partial charge in [-0.05, 0) is 31.2 Å². The monoisotopic (exact) mass is 244 g/mol. The Bertz CT molecular complexity index is 241. The highest BCUT2D eigenvalue weighted by Gasteiger charge is 2.32. The van der Waals surface area contributed by atoms with Crippen molar-refractivity contribution in [2.45, 2.75) is 26.2 Å². The lowest BCUT2D eigenvalue weighted by Crippen LogP contribution is -2.50. The van der Waals surface area contributed by atoms with Gasteiger partial charge in [-0.3, -0.25) is 4.21 Å². The first-order valence-electron chi connectivity index (χ1n) is 6.52. The van der Waals surface area contributed by atoms with Crippen molar-refractivity contribution in [3.63, 3.8) is 0 Å². The van der Waals surface area contributed by atoms with E-state index in [2.05, 4.69) is 17.1 Å². The van der Waals surface area contributed by atoms with E-state index in [0.29, 0.717) is 5.41 Å². The van der Waals surface area contributed by atoms with Crippen LogP contribution < -0.4 is 5.32 Å². The third-order valence-corrected chi connectivity index (χ3v) is 5.42. The predicted octanol–water partition coefficient (Wildman–Crippen LogP) is 0.831. The summed E-state index contributed by atoms with van der Waals surface area (Å²) in [6.45, 7) is 7.94. The first-order chi connectivity index (χ1) is 7.74. The van der Waals surface area contributed by atoms with Crippen LogP contribution in [0.3, 0.4) is 0 Å². The number of nitrogens with one attached hydrogen (secondary N) is 1. The summed E-state index contributed by atoms with van der Waals surface area (Å²) in [5.41, 5.74) is 0.483. The van der Waals surface area contributed by atoms with Crippen molar-refractivity contribution in [3.8, 4) is 0 Å². The van der Waals surface area contributed by atoms with Gasteiger partial charge in [0.05, 0.1) is 0 Å². The second-order valence-electron chi connectivity index (χ2n) is 5.26. The summed E-state index contributed by atoms with van der Waals surface area (Å²) in [4.78, 5) is 2.53. The Morgan fingerprint density at radius 3 is 2.69 bits per heavy atom. The Kier molecular flexibility index (Phi) is 4.39. The smallest absolute Gasteiger partial charge is 0.0363 e. The van der Waals surface area contributed by atoms with Gasteiger partial charge in [-0.25, -0.2) is 0 Å². The molecular formula is C12H24N2OS. The number of rotatable bonds is 3. The normalized spacial score (nSPS) is 34.1. The van der Waals surface area contributed by atoms with Crippen molar-refractivity contribution in [3.05, 3.63) is 0 Å². The van der Waals surface area contributed by atoms with E-state index in [1.165, 1.54) is 38.9 Å². The van der Waals surface area contributed by atoms with E-state index in [0.717, 1.165) is 24.6 Å². The van der Waals surface area contributed by atoms with Crippen LogP contribution in [0.1, 0.15) is 26.2 Å². The van der Waals surface area contributed by atoms with E-state index in [1.54, 1.807) is 0 Å². The van der Waals surface area contributed by atoms with Crippen LogP contribution >= 0.6 is 0 Å². The highest BCUT2D eigenvalue weighted by atomic mass is 32.2. The molecule has 16 heavy (non-hydrogen) atoms. The third kappa shape index (κ3) is 3.05. The van der Waals surface area contributed by atoms with Crippen LogP contribution in [0.4, 0.5) is 0 Å². The van der Waals surface area contributed by atoms with Gasteiger partial charge in [0.2, 0.25) is 0 Å². The highest BCUT2D eigenvalue weighted by Crippen LogP contribution is 2.31. The summed E-state index contributed by atoms with van der Waals surface area (Å²) < 4.78 is 11.3. The fourth-order valence-corrected chi connectivity index (χ4v) is 4.01. The van der Waals surface area contributed by atoms with E-state index in [9.17, 15) is 4.21 Å². The van der Waals surface area contributed by atoms with Gasteiger partial charge in [0.25, 0.3) is 0 Å². The van der Waals surface area contributed by atoms with E-state index >= 15 is 0 Å². The largest absolute Gasteiger partial charge is 0.316 e. The van der Waals surface area contributed by atoms with Crippen LogP contribution in [0.2, 0.25) is 0 Å². The third-order valence-electron chi connectivity index (χ3n) is 4.14. The number of hydrogen-bond donors (Lipinski definition) is 1. The Labute approximate surface area is 101 Å². The Morgan fingerprint density at radius 1 is 1.38 bits per heavy atom. The molecule has 0 aromatic carbocycles. The van der Waals surface area contributed by atoms with Gasteiger partial charge >= 0.3 is 0 Å². The molecule has 2 heterocycles. The number of piperidine rings is 1. The van der Waals surface area contributed by atoms with Crippen molar-refractivity contribution in [2.24, 2.45) is 5.41 Å². The fraction of sp³-hybridized carbons (Fsp3) is 1.00. The standard InChI is InChI=1S/C12H24N2OS/c1-2-12(4-3-5-13-10-12)11-14-6-8-16(15)9-7-14/h13H,2-11H2,1H3. The molecule has 2 aliphatic heterocycles. The summed E-state index contributed by atoms with van der Waals surface area (Å²) in [6.07, 6.45) is 3.93. The average Bonchev–Trinajstić information content (AvgIpc) is 2.33. The molecule has 1 unspecified atom stereocenters. The Hall–Kier alpha value is 0.0700. The van der Waals surface area contributed by atoms with Gasteiger partial charge < -0.3 is 10.2 Å². The van der Waals surface area contributed by atoms with E-state index in [4.69, 9.17) is 0 Å². The molecule has 1 N–H and O–H groups in total.